The Labute approximate surface area is 440 Å². The van der Waals surface area contributed by atoms with E-state index in [0.717, 1.165) is 77.6 Å². The van der Waals surface area contributed by atoms with Crippen molar-refractivity contribution in [2.24, 2.45) is 5.41 Å². The predicted octanol–water partition coefficient (Wildman–Crippen LogP) is 8.11. The number of rotatable bonds is 19. The molecule has 16 nitrogen and oxygen atoms in total. The number of hydrogen-bond donors (Lipinski definition) is 5. The van der Waals surface area contributed by atoms with E-state index in [1.54, 1.807) is 57.2 Å². The molecule has 3 aliphatic rings. The van der Waals surface area contributed by atoms with Gasteiger partial charge < -0.3 is 35.1 Å². The molecular formula is C53H60BrF2N6O10PS. The Balaban J connectivity index is 0.868. The summed E-state index contributed by atoms with van der Waals surface area (Å²) < 4.78 is 41.7. The number of carbonyl (C=O) groups excluding carboxylic acids is 7. The molecule has 7 rings (SSSR count). The number of thiophene rings is 1. The molecule has 2 saturated heterocycles. The Morgan fingerprint density at radius 1 is 0.959 bits per heavy atom. The van der Waals surface area contributed by atoms with Crippen LogP contribution in [0.15, 0.2) is 71.2 Å². The lowest BCUT2D eigenvalue weighted by Gasteiger charge is -2.36. The largest absolute Gasteiger partial charge is 0.399 e. The Bertz CT molecular complexity index is 2930. The fourth-order valence-electron chi connectivity index (χ4n) is 9.42. The van der Waals surface area contributed by atoms with Crippen LogP contribution in [-0.4, -0.2) is 98.7 Å². The molecule has 0 bridgehead atoms. The first-order chi connectivity index (χ1) is 35.0. The van der Waals surface area contributed by atoms with Gasteiger partial charge in [-0.1, -0.05) is 86.4 Å². The number of hydrogen-bond acceptors (Lipinski definition) is 9. The van der Waals surface area contributed by atoms with Crippen molar-refractivity contribution in [3.05, 3.63) is 98.3 Å². The van der Waals surface area contributed by atoms with Gasteiger partial charge in [-0.3, -0.25) is 43.4 Å². The zero-order valence-corrected chi connectivity index (χ0v) is 44.7. The fraction of sp³-hybridized carbons (Fsp3) is 0.453. The van der Waals surface area contributed by atoms with Crippen LogP contribution in [0.2, 0.25) is 0 Å². The maximum atomic E-state index is 14.5. The molecule has 3 aliphatic heterocycles. The third-order valence-electron chi connectivity index (χ3n) is 13.5. The molecule has 74 heavy (non-hydrogen) atoms. The third kappa shape index (κ3) is 13.1. The average Bonchev–Trinajstić information content (AvgIpc) is 4.10. The van der Waals surface area contributed by atoms with Gasteiger partial charge in [-0.25, -0.2) is 0 Å². The number of carbonyl (C=O) groups is 7. The number of fused-ring (bicyclic) bond motifs is 2. The highest BCUT2D eigenvalue weighted by atomic mass is 79.9. The van der Waals surface area contributed by atoms with Crippen LogP contribution >= 0.6 is 34.9 Å². The van der Waals surface area contributed by atoms with Crippen molar-refractivity contribution in [3.8, 4) is 11.8 Å². The first-order valence-corrected chi connectivity index (χ1v) is 28.0. The van der Waals surface area contributed by atoms with Crippen LogP contribution < -0.4 is 20.9 Å². The minimum atomic E-state index is -5.83. The standard InChI is InChI=1S/C53H60BrF2N6O10PS/c1-52(2,3)46(59-48(66)43-31-34-30-35(18-24-42(34)74-43)53(55,56)73(70,71)72)51(69)61-28-13-17-41(61)50(68)60(37-21-19-36(54)20-22-37)29-26-44(63)57-27-11-9-7-5-4-6-8-10-14-33-15-12-16-38-39(33)32-62(49(38)67)40-23-25-45(64)58-47(40)65/h12,15-16,18-22,24,30-31,40-41,46H,4-9,11,13,17,23,25-29,32H2,1-3H3,(H,57,63)(H,59,66)(H,58,64,65)(H2,70,71,72)/t40?,41-,46+/m0/s1. The second-order valence-electron chi connectivity index (χ2n) is 19.9. The average molecular weight is 1120 g/mol. The van der Waals surface area contributed by atoms with Gasteiger partial charge in [0.25, 0.3) is 11.8 Å². The van der Waals surface area contributed by atoms with E-state index in [2.05, 4.69) is 43.7 Å². The van der Waals surface area contributed by atoms with E-state index in [4.69, 9.17) is 0 Å². The molecule has 4 aromatic rings. The van der Waals surface area contributed by atoms with Crippen molar-refractivity contribution in [2.75, 3.05) is 24.5 Å². The molecule has 21 heteroatoms. The zero-order chi connectivity index (χ0) is 53.5. The number of imide groups is 1. The van der Waals surface area contributed by atoms with E-state index in [1.807, 2.05) is 6.07 Å². The highest BCUT2D eigenvalue weighted by Crippen LogP contribution is 2.59. The van der Waals surface area contributed by atoms with E-state index >= 15 is 0 Å². The maximum absolute atomic E-state index is 14.5. The van der Waals surface area contributed by atoms with E-state index in [-0.39, 0.29) is 66.4 Å². The van der Waals surface area contributed by atoms with Crippen LogP contribution in [0, 0.1) is 17.3 Å². The van der Waals surface area contributed by atoms with E-state index in [0.29, 0.717) is 48.2 Å². The van der Waals surface area contributed by atoms with Crippen molar-refractivity contribution < 1.29 is 56.7 Å². The maximum Gasteiger partial charge on any atom is 0.399 e. The van der Waals surface area contributed by atoms with Crippen LogP contribution in [0.3, 0.4) is 0 Å². The smallest absolute Gasteiger partial charge is 0.356 e. The van der Waals surface area contributed by atoms with Crippen molar-refractivity contribution in [3.63, 3.8) is 0 Å². The third-order valence-corrected chi connectivity index (χ3v) is 16.1. The SMILES string of the molecule is CC(C)(C)[C@H](NC(=O)c1cc2cc(C(F)(F)P(=O)(O)O)ccc2s1)C(=O)N1CCC[C@H]1C(=O)N(CCC(=O)NCCCCCCCCC#Cc1cccc2c1CN(C1CCC(=O)NC1=O)C2=O)c1ccc(Br)cc1. The lowest BCUT2D eigenvalue weighted by atomic mass is 9.85. The summed E-state index contributed by atoms with van der Waals surface area (Å²) in [6, 6.07) is 14.2. The van der Waals surface area contributed by atoms with Crippen molar-refractivity contribution >= 4 is 92.0 Å². The molecule has 3 atom stereocenters. The first-order valence-electron chi connectivity index (χ1n) is 24.7. The molecule has 1 unspecified atom stereocenters. The molecule has 7 amide bonds. The first kappa shape index (κ1) is 55.9. The molecule has 0 radical (unpaired) electrons. The number of nitrogens with zero attached hydrogens (tertiary/aromatic N) is 3. The molecule has 3 aromatic carbocycles. The predicted molar refractivity (Wildman–Crippen MR) is 279 cm³/mol. The lowest BCUT2D eigenvalue weighted by Crippen LogP contribution is -2.58. The van der Waals surface area contributed by atoms with E-state index in [1.165, 1.54) is 26.8 Å². The number of piperidine rings is 1. The summed E-state index contributed by atoms with van der Waals surface area (Å²) in [5.74, 6) is 3.70. The zero-order valence-electron chi connectivity index (χ0n) is 41.4. The number of benzene rings is 3. The molecule has 0 spiro atoms. The van der Waals surface area contributed by atoms with E-state index in [9.17, 15) is 56.7 Å². The van der Waals surface area contributed by atoms with Gasteiger partial charge in [0.05, 0.1) is 4.88 Å². The Morgan fingerprint density at radius 2 is 1.68 bits per heavy atom. The van der Waals surface area contributed by atoms with Gasteiger partial charge >= 0.3 is 13.3 Å². The fourth-order valence-corrected chi connectivity index (χ4v) is 11.1. The minimum Gasteiger partial charge on any atom is -0.356 e. The number of halogens is 3. The van der Waals surface area contributed by atoms with Crippen LogP contribution in [-0.2, 0) is 40.7 Å². The summed E-state index contributed by atoms with van der Waals surface area (Å²) >= 11 is 4.41. The summed E-state index contributed by atoms with van der Waals surface area (Å²) in [5, 5.41) is 8.28. The van der Waals surface area contributed by atoms with Crippen LogP contribution in [0.5, 0.6) is 0 Å². The molecular weight excluding hydrogens is 1060 g/mol. The number of alkyl halides is 2. The van der Waals surface area contributed by atoms with Crippen LogP contribution in [0.1, 0.15) is 135 Å². The van der Waals surface area contributed by atoms with Gasteiger partial charge in [0.1, 0.15) is 18.1 Å². The van der Waals surface area contributed by atoms with Gasteiger partial charge in [-0.15, -0.1) is 11.3 Å². The monoisotopic (exact) mass is 1120 g/mol. The highest BCUT2D eigenvalue weighted by Gasteiger charge is 2.50. The van der Waals surface area contributed by atoms with Gasteiger partial charge in [0.2, 0.25) is 29.5 Å². The van der Waals surface area contributed by atoms with Gasteiger partial charge in [-0.2, -0.15) is 8.78 Å². The summed E-state index contributed by atoms with van der Waals surface area (Å²) in [5.41, 5.74) is -3.53. The van der Waals surface area contributed by atoms with Crippen molar-refractivity contribution in [2.45, 2.75) is 128 Å². The number of anilines is 1. The lowest BCUT2D eigenvalue weighted by molar-refractivity contribution is -0.141. The number of amides is 7. The second-order valence-corrected chi connectivity index (χ2v) is 23.5. The number of likely N-dealkylation sites (tertiary alicyclic amines) is 1. The van der Waals surface area contributed by atoms with Gasteiger partial charge in [0.15, 0.2) is 0 Å². The van der Waals surface area contributed by atoms with Gasteiger partial charge in [-0.05, 0) is 103 Å². The summed E-state index contributed by atoms with van der Waals surface area (Å²) in [6.45, 7) is 6.34. The molecule has 2 fully saturated rings. The Hall–Kier alpha value is -5.84. The van der Waals surface area contributed by atoms with Crippen LogP contribution in [0.4, 0.5) is 14.5 Å². The normalized spacial score (nSPS) is 17.4. The molecule has 1 aromatic heterocycles. The second kappa shape index (κ2) is 23.8. The Kier molecular flexibility index (Phi) is 18.0. The molecule has 4 heterocycles. The van der Waals surface area contributed by atoms with E-state index < -0.39 is 60.1 Å². The van der Waals surface area contributed by atoms with Crippen molar-refractivity contribution in [1.82, 2.24) is 25.8 Å². The molecule has 0 saturated carbocycles. The minimum absolute atomic E-state index is 0.0119. The van der Waals surface area contributed by atoms with Crippen molar-refractivity contribution in [1.29, 1.82) is 0 Å². The number of unbranched alkanes of at least 4 members (excludes halogenated alkanes) is 6. The van der Waals surface area contributed by atoms with Crippen LogP contribution in [0.25, 0.3) is 10.1 Å². The van der Waals surface area contributed by atoms with Gasteiger partial charge in [0, 0.05) is 77.0 Å². The topological polar surface area (TPSA) is 223 Å². The summed E-state index contributed by atoms with van der Waals surface area (Å²) in [7, 11) is -5.83. The summed E-state index contributed by atoms with van der Waals surface area (Å²) in [6.07, 6.45) is 7.64. The molecule has 0 aliphatic carbocycles. The molecule has 394 valence electrons. The molecule has 5 N–H and O–H groups in total. The Morgan fingerprint density at radius 3 is 2.38 bits per heavy atom. The summed E-state index contributed by atoms with van der Waals surface area (Å²) in [4.78, 5) is 116. The quantitative estimate of drug-likeness (QED) is 0.0263. The number of nitrogens with one attached hydrogen (secondary N) is 3. The highest BCUT2D eigenvalue weighted by molar-refractivity contribution is 9.10.